The van der Waals surface area contributed by atoms with Crippen molar-refractivity contribution in [3.05, 3.63) is 80.9 Å². The molecule has 1 aromatic heterocycles. The van der Waals surface area contributed by atoms with Crippen LogP contribution in [0.4, 0.5) is 8.78 Å². The van der Waals surface area contributed by atoms with Gasteiger partial charge in [-0.15, -0.1) is 0 Å². The number of halogens is 2. The molecule has 0 bridgehead atoms. The molecule has 0 atom stereocenters. The Bertz CT molecular complexity index is 1010. The molecule has 4 heteroatoms. The minimum Gasteiger partial charge on any atom is -0.427 e. The molecule has 0 saturated heterocycles. The quantitative estimate of drug-likeness (QED) is 0.529. The van der Waals surface area contributed by atoms with E-state index in [2.05, 4.69) is 0 Å². The molecule has 1 heterocycles. The highest BCUT2D eigenvalue weighted by molar-refractivity contribution is 5.82. The molecule has 27 heavy (non-hydrogen) atoms. The van der Waals surface area contributed by atoms with E-state index in [4.69, 9.17) is 4.42 Å². The van der Waals surface area contributed by atoms with E-state index >= 15 is 0 Å². The minimum atomic E-state index is -0.634. The fourth-order valence-electron chi connectivity index (χ4n) is 3.39. The number of hydrogen-bond donors (Lipinski definition) is 0. The van der Waals surface area contributed by atoms with Crippen molar-refractivity contribution in [3.63, 3.8) is 0 Å². The number of fused-ring (bicyclic) bond motifs is 1. The van der Waals surface area contributed by atoms with Crippen LogP contribution in [0.5, 0.6) is 0 Å². The summed E-state index contributed by atoms with van der Waals surface area (Å²) >= 11 is 0. The maximum Gasteiger partial charge on any atom is 0.346 e. The van der Waals surface area contributed by atoms with Gasteiger partial charge in [0, 0.05) is 6.42 Å². The second kappa shape index (κ2) is 8.47. The molecule has 2 nitrogen and oxygen atoms in total. The highest BCUT2D eigenvalue weighted by Gasteiger charge is 2.14. The normalized spacial score (nSPS) is 11.3. The molecule has 3 rings (SSSR count). The molecule has 0 radical (unpaired) electrons. The molecule has 0 aliphatic carbocycles. The molecule has 0 unspecified atom stereocenters. The van der Waals surface area contributed by atoms with Gasteiger partial charge in [-0.3, -0.25) is 0 Å². The van der Waals surface area contributed by atoms with Crippen LogP contribution >= 0.6 is 0 Å². The van der Waals surface area contributed by atoms with Crippen LogP contribution in [-0.4, -0.2) is 0 Å². The van der Waals surface area contributed by atoms with Gasteiger partial charge in [-0.2, -0.15) is 0 Å². The Balaban J connectivity index is 1.84. The average molecular weight is 370 g/mol. The maximum absolute atomic E-state index is 14.9. The first kappa shape index (κ1) is 19.3. The van der Waals surface area contributed by atoms with Crippen molar-refractivity contribution >= 4 is 10.8 Å². The van der Waals surface area contributed by atoms with Gasteiger partial charge in [0.25, 0.3) is 0 Å². The number of aryl methyl sites for hydroxylation is 4. The SMILES string of the molecule is CCCc1cc2ccc(CCc3ccc(CCC)c(F)c3)c(F)c2c(=O)o1. The van der Waals surface area contributed by atoms with Crippen LogP contribution in [0.3, 0.4) is 0 Å². The monoisotopic (exact) mass is 370 g/mol. The average Bonchev–Trinajstić information content (AvgIpc) is 2.63. The van der Waals surface area contributed by atoms with E-state index in [0.717, 1.165) is 18.4 Å². The molecule has 0 spiro atoms. The van der Waals surface area contributed by atoms with E-state index < -0.39 is 11.4 Å². The lowest BCUT2D eigenvalue weighted by atomic mass is 9.99. The van der Waals surface area contributed by atoms with E-state index in [9.17, 15) is 13.6 Å². The van der Waals surface area contributed by atoms with Crippen molar-refractivity contribution in [2.24, 2.45) is 0 Å². The van der Waals surface area contributed by atoms with Crippen LogP contribution in [0.25, 0.3) is 10.8 Å². The summed E-state index contributed by atoms with van der Waals surface area (Å²) in [5.74, 6) is -0.172. The van der Waals surface area contributed by atoms with Crippen molar-refractivity contribution in [1.82, 2.24) is 0 Å². The summed E-state index contributed by atoms with van der Waals surface area (Å²) < 4.78 is 34.2. The summed E-state index contributed by atoms with van der Waals surface area (Å²) in [6.07, 6.45) is 3.99. The summed E-state index contributed by atoms with van der Waals surface area (Å²) in [5, 5.41) is 0.558. The van der Waals surface area contributed by atoms with Gasteiger partial charge in [0.05, 0.1) is 0 Å². The van der Waals surface area contributed by atoms with Gasteiger partial charge in [0.15, 0.2) is 0 Å². The summed E-state index contributed by atoms with van der Waals surface area (Å²) in [6.45, 7) is 4.00. The first-order valence-electron chi connectivity index (χ1n) is 9.54. The fraction of sp³-hybridized carbons (Fsp3) is 0.348. The summed E-state index contributed by atoms with van der Waals surface area (Å²) in [6, 6.07) is 10.4. The topological polar surface area (TPSA) is 30.2 Å². The molecule has 142 valence electrons. The Labute approximate surface area is 157 Å². The molecule has 0 aliphatic heterocycles. The Morgan fingerprint density at radius 3 is 2.30 bits per heavy atom. The smallest absolute Gasteiger partial charge is 0.346 e. The van der Waals surface area contributed by atoms with Crippen LogP contribution in [-0.2, 0) is 25.7 Å². The first-order valence-corrected chi connectivity index (χ1v) is 9.54. The fourth-order valence-corrected chi connectivity index (χ4v) is 3.39. The second-order valence-electron chi connectivity index (χ2n) is 6.93. The maximum atomic E-state index is 14.9. The third-order valence-corrected chi connectivity index (χ3v) is 4.81. The van der Waals surface area contributed by atoms with Crippen molar-refractivity contribution in [2.75, 3.05) is 0 Å². The lowest BCUT2D eigenvalue weighted by Crippen LogP contribution is -2.07. The standard InChI is InChI=1S/C23H24F2O2/c1-3-5-16-9-7-15(13-20(16)24)8-10-17-11-12-18-14-19(6-4-2)27-23(26)21(18)22(17)25/h7,9,11-14H,3-6,8,10H2,1-2H3. The zero-order chi connectivity index (χ0) is 19.4. The van der Waals surface area contributed by atoms with E-state index in [1.54, 1.807) is 24.3 Å². The van der Waals surface area contributed by atoms with Gasteiger partial charge in [-0.1, -0.05) is 44.5 Å². The number of benzene rings is 2. The first-order chi connectivity index (χ1) is 13.0. The Kier molecular flexibility index (Phi) is 6.04. The van der Waals surface area contributed by atoms with Gasteiger partial charge in [0.1, 0.15) is 22.8 Å². The van der Waals surface area contributed by atoms with Gasteiger partial charge in [0.2, 0.25) is 0 Å². The van der Waals surface area contributed by atoms with E-state index in [0.29, 0.717) is 48.0 Å². The van der Waals surface area contributed by atoms with E-state index in [1.807, 2.05) is 19.9 Å². The molecular weight excluding hydrogens is 346 g/mol. The molecular formula is C23H24F2O2. The molecule has 0 saturated carbocycles. The van der Waals surface area contributed by atoms with Crippen molar-refractivity contribution in [3.8, 4) is 0 Å². The molecule has 0 fully saturated rings. The molecule has 0 N–H and O–H groups in total. The van der Waals surface area contributed by atoms with Crippen LogP contribution in [0, 0.1) is 11.6 Å². The molecule has 0 amide bonds. The van der Waals surface area contributed by atoms with E-state index in [-0.39, 0.29) is 11.2 Å². The Hall–Kier alpha value is -2.49. The molecule has 3 aromatic rings. The summed E-state index contributed by atoms with van der Waals surface area (Å²) in [4.78, 5) is 12.2. The van der Waals surface area contributed by atoms with Crippen LogP contribution < -0.4 is 5.63 Å². The van der Waals surface area contributed by atoms with Gasteiger partial charge < -0.3 is 4.42 Å². The number of hydrogen-bond acceptors (Lipinski definition) is 2. The Morgan fingerprint density at radius 1 is 0.852 bits per heavy atom. The van der Waals surface area contributed by atoms with Crippen LogP contribution in [0.1, 0.15) is 49.1 Å². The largest absolute Gasteiger partial charge is 0.427 e. The number of rotatable bonds is 7. The molecule has 2 aromatic carbocycles. The van der Waals surface area contributed by atoms with Crippen molar-refractivity contribution < 1.29 is 13.2 Å². The minimum absolute atomic E-state index is 0.00294. The zero-order valence-corrected chi connectivity index (χ0v) is 15.8. The lowest BCUT2D eigenvalue weighted by Gasteiger charge is -2.08. The predicted molar refractivity (Wildman–Crippen MR) is 104 cm³/mol. The van der Waals surface area contributed by atoms with Crippen molar-refractivity contribution in [2.45, 2.75) is 52.4 Å². The van der Waals surface area contributed by atoms with Crippen LogP contribution in [0.2, 0.25) is 0 Å². The lowest BCUT2D eigenvalue weighted by molar-refractivity contribution is 0.461. The molecule has 0 aliphatic rings. The highest BCUT2D eigenvalue weighted by Crippen LogP contribution is 2.22. The third-order valence-electron chi connectivity index (χ3n) is 4.81. The predicted octanol–water partition coefficient (Wildman–Crippen LogP) is 5.76. The van der Waals surface area contributed by atoms with Crippen LogP contribution in [0.15, 0.2) is 45.6 Å². The summed E-state index contributed by atoms with van der Waals surface area (Å²) in [5.41, 5.74) is 1.33. The van der Waals surface area contributed by atoms with Gasteiger partial charge in [-0.05, 0) is 59.9 Å². The van der Waals surface area contributed by atoms with Gasteiger partial charge in [-0.25, -0.2) is 13.6 Å². The zero-order valence-electron chi connectivity index (χ0n) is 15.8. The third kappa shape index (κ3) is 4.26. The summed E-state index contributed by atoms with van der Waals surface area (Å²) in [7, 11) is 0. The second-order valence-corrected chi connectivity index (χ2v) is 6.93. The highest BCUT2D eigenvalue weighted by atomic mass is 19.1. The van der Waals surface area contributed by atoms with Crippen molar-refractivity contribution in [1.29, 1.82) is 0 Å². The van der Waals surface area contributed by atoms with Gasteiger partial charge >= 0.3 is 5.63 Å². The van der Waals surface area contributed by atoms with E-state index in [1.165, 1.54) is 6.07 Å². The Morgan fingerprint density at radius 2 is 1.59 bits per heavy atom.